The number of piperidine rings is 1. The minimum atomic E-state index is -4.44. The summed E-state index contributed by atoms with van der Waals surface area (Å²) in [4.78, 5) is 18.1. The number of H-pyrrole nitrogens is 1. The average Bonchev–Trinajstić information content (AvgIpc) is 3.16. The summed E-state index contributed by atoms with van der Waals surface area (Å²) in [5, 5.41) is 3.02. The molecule has 3 aromatic rings. The highest BCUT2D eigenvalue weighted by Crippen LogP contribution is 2.37. The molecule has 1 aromatic carbocycles. The first-order valence-corrected chi connectivity index (χ1v) is 8.92. The molecule has 10 heteroatoms. The minimum absolute atomic E-state index is 0.125. The third kappa shape index (κ3) is 3.54. The van der Waals surface area contributed by atoms with Gasteiger partial charge in [0.25, 0.3) is 0 Å². The normalized spacial score (nSPS) is 15.8. The van der Waals surface area contributed by atoms with Gasteiger partial charge in [0, 0.05) is 33.0 Å². The lowest BCUT2D eigenvalue weighted by molar-refractivity contribution is -0.139. The van der Waals surface area contributed by atoms with Crippen LogP contribution in [0.3, 0.4) is 0 Å². The molecule has 0 atom stereocenters. The molecule has 2 aromatic heterocycles. The standard InChI is InChI=1S/C18H19F3N6O/c1-22-15-14-16(24-10-23-14)26-17(25-15)27-8-6-11(7-9-27)28-13-5-3-2-4-12(13)18(19,20)21/h2-5,10-11H,6-9H2,1H3,(H2,22,23,24,25,26). The predicted molar refractivity (Wildman–Crippen MR) is 98.5 cm³/mol. The zero-order chi connectivity index (χ0) is 19.7. The number of ether oxygens (including phenoxy) is 1. The number of aromatic amines is 1. The number of hydrogen-bond donors (Lipinski definition) is 2. The van der Waals surface area contributed by atoms with Crippen molar-refractivity contribution < 1.29 is 17.9 Å². The first kappa shape index (κ1) is 18.3. The van der Waals surface area contributed by atoms with Gasteiger partial charge >= 0.3 is 6.18 Å². The Bertz CT molecular complexity index is 965. The maximum Gasteiger partial charge on any atom is 0.419 e. The molecular formula is C18H19F3N6O. The molecule has 148 valence electrons. The molecule has 0 radical (unpaired) electrons. The molecule has 2 N–H and O–H groups in total. The van der Waals surface area contributed by atoms with E-state index in [4.69, 9.17) is 4.74 Å². The third-order valence-corrected chi connectivity index (χ3v) is 4.72. The van der Waals surface area contributed by atoms with Crippen LogP contribution in [0.5, 0.6) is 5.75 Å². The SMILES string of the molecule is CNc1nc(N2CCC(Oc3ccccc3C(F)(F)F)CC2)nc2nc[nH]c12. The number of benzene rings is 1. The average molecular weight is 392 g/mol. The van der Waals surface area contributed by atoms with Crippen molar-refractivity contribution in [1.29, 1.82) is 0 Å². The maximum atomic E-state index is 13.1. The van der Waals surface area contributed by atoms with E-state index in [1.807, 2.05) is 4.90 Å². The van der Waals surface area contributed by atoms with Gasteiger partial charge in [0.05, 0.1) is 11.9 Å². The van der Waals surface area contributed by atoms with Crippen molar-refractivity contribution in [2.75, 3.05) is 30.4 Å². The second kappa shape index (κ2) is 7.17. The van der Waals surface area contributed by atoms with E-state index >= 15 is 0 Å². The number of fused-ring (bicyclic) bond motifs is 1. The smallest absolute Gasteiger partial charge is 0.419 e. The monoisotopic (exact) mass is 392 g/mol. The predicted octanol–water partition coefficient (Wildman–Crippen LogP) is 3.46. The van der Waals surface area contributed by atoms with Gasteiger partial charge in [-0.25, -0.2) is 4.98 Å². The van der Waals surface area contributed by atoms with Crippen LogP contribution in [0, 0.1) is 0 Å². The van der Waals surface area contributed by atoms with E-state index in [1.54, 1.807) is 19.4 Å². The number of halogens is 3. The fourth-order valence-corrected chi connectivity index (χ4v) is 3.30. The van der Waals surface area contributed by atoms with Gasteiger partial charge in [-0.3, -0.25) is 0 Å². The summed E-state index contributed by atoms with van der Waals surface area (Å²) < 4.78 is 45.1. The number of aromatic nitrogens is 4. The van der Waals surface area contributed by atoms with E-state index in [0.717, 1.165) is 11.6 Å². The lowest BCUT2D eigenvalue weighted by Gasteiger charge is -2.32. The van der Waals surface area contributed by atoms with Gasteiger partial charge in [-0.05, 0) is 12.1 Å². The summed E-state index contributed by atoms with van der Waals surface area (Å²) in [6, 6.07) is 5.31. The molecule has 0 spiro atoms. The lowest BCUT2D eigenvalue weighted by Crippen LogP contribution is -2.39. The zero-order valence-electron chi connectivity index (χ0n) is 15.1. The van der Waals surface area contributed by atoms with Gasteiger partial charge in [0.1, 0.15) is 17.4 Å². The first-order chi connectivity index (χ1) is 13.5. The van der Waals surface area contributed by atoms with E-state index in [0.29, 0.717) is 43.3 Å². The summed E-state index contributed by atoms with van der Waals surface area (Å²) in [5.41, 5.74) is 0.545. The van der Waals surface area contributed by atoms with E-state index in [1.165, 1.54) is 12.1 Å². The highest BCUT2D eigenvalue weighted by molar-refractivity contribution is 5.83. The zero-order valence-corrected chi connectivity index (χ0v) is 15.1. The number of hydrogen-bond acceptors (Lipinski definition) is 6. The molecule has 0 unspecified atom stereocenters. The molecule has 0 aliphatic carbocycles. The van der Waals surface area contributed by atoms with Gasteiger partial charge in [-0.15, -0.1) is 0 Å². The van der Waals surface area contributed by atoms with E-state index in [9.17, 15) is 13.2 Å². The van der Waals surface area contributed by atoms with E-state index < -0.39 is 11.7 Å². The summed E-state index contributed by atoms with van der Waals surface area (Å²) in [7, 11) is 1.77. The Morgan fingerprint density at radius 2 is 1.93 bits per heavy atom. The summed E-state index contributed by atoms with van der Waals surface area (Å²) in [5.74, 6) is 1.06. The molecule has 1 saturated heterocycles. The van der Waals surface area contributed by atoms with Crippen LogP contribution >= 0.6 is 0 Å². The van der Waals surface area contributed by atoms with Gasteiger partial charge in [0.2, 0.25) is 5.95 Å². The van der Waals surface area contributed by atoms with Crippen LogP contribution in [-0.2, 0) is 6.18 Å². The highest BCUT2D eigenvalue weighted by Gasteiger charge is 2.35. The highest BCUT2D eigenvalue weighted by atomic mass is 19.4. The van der Waals surface area contributed by atoms with Gasteiger partial charge < -0.3 is 19.9 Å². The number of rotatable bonds is 4. The van der Waals surface area contributed by atoms with Crippen molar-refractivity contribution in [3.8, 4) is 5.75 Å². The molecule has 0 saturated carbocycles. The second-order valence-electron chi connectivity index (χ2n) is 6.52. The fourth-order valence-electron chi connectivity index (χ4n) is 3.30. The van der Waals surface area contributed by atoms with Gasteiger partial charge in [0.15, 0.2) is 11.5 Å². The molecule has 7 nitrogen and oxygen atoms in total. The Morgan fingerprint density at radius 3 is 2.64 bits per heavy atom. The van der Waals surface area contributed by atoms with Crippen molar-refractivity contribution in [1.82, 2.24) is 19.9 Å². The van der Waals surface area contributed by atoms with Crippen molar-refractivity contribution in [3.05, 3.63) is 36.2 Å². The van der Waals surface area contributed by atoms with Crippen molar-refractivity contribution in [2.45, 2.75) is 25.1 Å². The number of nitrogens with zero attached hydrogens (tertiary/aromatic N) is 4. The second-order valence-corrected chi connectivity index (χ2v) is 6.52. The van der Waals surface area contributed by atoms with Gasteiger partial charge in [-0.1, -0.05) is 12.1 Å². The van der Waals surface area contributed by atoms with Crippen LogP contribution in [0.15, 0.2) is 30.6 Å². The van der Waals surface area contributed by atoms with Crippen molar-refractivity contribution >= 4 is 22.9 Å². The number of alkyl halides is 3. The largest absolute Gasteiger partial charge is 0.490 e. The Labute approximate surface area is 159 Å². The third-order valence-electron chi connectivity index (χ3n) is 4.72. The Hall–Kier alpha value is -3.04. The fraction of sp³-hybridized carbons (Fsp3) is 0.389. The Balaban J connectivity index is 1.46. The van der Waals surface area contributed by atoms with Crippen LogP contribution in [0.2, 0.25) is 0 Å². The summed E-state index contributed by atoms with van der Waals surface area (Å²) >= 11 is 0. The summed E-state index contributed by atoms with van der Waals surface area (Å²) in [6.45, 7) is 1.16. The van der Waals surface area contributed by atoms with Crippen LogP contribution in [0.25, 0.3) is 11.2 Å². The van der Waals surface area contributed by atoms with Gasteiger partial charge in [-0.2, -0.15) is 23.1 Å². The van der Waals surface area contributed by atoms with Crippen LogP contribution in [0.1, 0.15) is 18.4 Å². The molecule has 1 aliphatic heterocycles. The molecule has 4 rings (SSSR count). The first-order valence-electron chi connectivity index (χ1n) is 8.92. The topological polar surface area (TPSA) is 79.0 Å². The summed E-state index contributed by atoms with van der Waals surface area (Å²) in [6.07, 6.45) is -2.03. The van der Waals surface area contributed by atoms with Crippen molar-refractivity contribution in [3.63, 3.8) is 0 Å². The van der Waals surface area contributed by atoms with Crippen LogP contribution in [0.4, 0.5) is 24.9 Å². The maximum absolute atomic E-state index is 13.1. The van der Waals surface area contributed by atoms with Crippen LogP contribution < -0.4 is 15.0 Å². The molecule has 3 heterocycles. The Kier molecular flexibility index (Phi) is 4.70. The molecule has 0 amide bonds. The Morgan fingerprint density at radius 1 is 1.18 bits per heavy atom. The molecular weight excluding hydrogens is 373 g/mol. The number of anilines is 2. The molecule has 0 bridgehead atoms. The molecule has 1 aliphatic rings. The number of imidazole rings is 1. The minimum Gasteiger partial charge on any atom is -0.490 e. The van der Waals surface area contributed by atoms with E-state index in [-0.39, 0.29) is 11.9 Å². The molecule has 1 fully saturated rings. The number of para-hydroxylation sites is 1. The lowest BCUT2D eigenvalue weighted by atomic mass is 10.1. The van der Waals surface area contributed by atoms with E-state index in [2.05, 4.69) is 25.3 Å². The van der Waals surface area contributed by atoms with Crippen molar-refractivity contribution in [2.24, 2.45) is 0 Å². The quantitative estimate of drug-likeness (QED) is 0.708. The van der Waals surface area contributed by atoms with Crippen LogP contribution in [-0.4, -0.2) is 46.2 Å². The number of nitrogens with one attached hydrogen (secondary N) is 2. The molecule has 28 heavy (non-hydrogen) atoms.